The van der Waals surface area contributed by atoms with Crippen LogP contribution < -0.4 is 5.32 Å². The number of likely N-dealkylation sites (N-methyl/N-ethyl adjacent to an activating group) is 1. The Hall–Kier alpha value is -1.68. The number of nitrogens with one attached hydrogen (secondary N) is 1. The summed E-state index contributed by atoms with van der Waals surface area (Å²) in [5.74, 6) is 0. The third-order valence-corrected chi connectivity index (χ3v) is 3.31. The molecule has 1 aromatic carbocycles. The lowest BCUT2D eigenvalue weighted by atomic mass is 10.0. The quantitative estimate of drug-likeness (QED) is 0.865. The van der Waals surface area contributed by atoms with Gasteiger partial charge in [0.2, 0.25) is 0 Å². The largest absolute Gasteiger partial charge is 0.311 e. The van der Waals surface area contributed by atoms with Crippen LogP contribution in [-0.4, -0.2) is 22.0 Å². The van der Waals surface area contributed by atoms with Crippen molar-refractivity contribution in [2.45, 2.75) is 39.3 Å². The Kier molecular flexibility index (Phi) is 4.68. The molecule has 1 aromatic heterocycles. The smallest absolute Gasteiger partial charge is 0.0759 e. The molecule has 0 aliphatic carbocycles. The first-order chi connectivity index (χ1) is 9.24. The van der Waals surface area contributed by atoms with Gasteiger partial charge < -0.3 is 5.32 Å². The number of nitrogens with zero attached hydrogens (tertiary/aromatic N) is 3. The van der Waals surface area contributed by atoms with Gasteiger partial charge in [-0.25, -0.2) is 4.68 Å². The van der Waals surface area contributed by atoms with Gasteiger partial charge in [-0.15, -0.1) is 5.10 Å². The summed E-state index contributed by atoms with van der Waals surface area (Å²) in [6, 6.07) is 8.90. The summed E-state index contributed by atoms with van der Waals surface area (Å²) < 4.78 is 2.00. The van der Waals surface area contributed by atoms with Crippen molar-refractivity contribution < 1.29 is 0 Å². The van der Waals surface area contributed by atoms with Crippen LogP contribution in [-0.2, 0) is 13.0 Å². The first-order valence-electron chi connectivity index (χ1n) is 6.85. The van der Waals surface area contributed by atoms with Gasteiger partial charge in [0.15, 0.2) is 0 Å². The van der Waals surface area contributed by atoms with Crippen molar-refractivity contribution >= 4 is 0 Å². The Labute approximate surface area is 114 Å². The highest BCUT2D eigenvalue weighted by Crippen LogP contribution is 2.18. The molecular weight excluding hydrogens is 236 g/mol. The minimum absolute atomic E-state index is 0.253. The van der Waals surface area contributed by atoms with Crippen LogP contribution in [0.3, 0.4) is 0 Å². The molecule has 0 amide bonds. The molecule has 0 aliphatic heterocycles. The molecule has 0 saturated carbocycles. The lowest BCUT2D eigenvalue weighted by Crippen LogP contribution is -2.22. The molecule has 0 saturated heterocycles. The highest BCUT2D eigenvalue weighted by Gasteiger charge is 2.15. The predicted molar refractivity (Wildman–Crippen MR) is 77.0 cm³/mol. The second-order valence-corrected chi connectivity index (χ2v) is 4.92. The summed E-state index contributed by atoms with van der Waals surface area (Å²) in [5, 5.41) is 11.6. The second-order valence-electron chi connectivity index (χ2n) is 4.92. The standard InChI is InChI=1S/C15H22N4/c1-4-8-19-15(11-17-18-19)14(16-3)10-13-7-5-6-12(2)9-13/h5-7,9,11,14,16H,4,8,10H2,1-3H3. The van der Waals surface area contributed by atoms with Crippen molar-refractivity contribution in [2.75, 3.05) is 7.05 Å². The van der Waals surface area contributed by atoms with E-state index in [4.69, 9.17) is 0 Å². The fourth-order valence-corrected chi connectivity index (χ4v) is 2.35. The minimum atomic E-state index is 0.253. The molecule has 1 N–H and O–H groups in total. The fourth-order valence-electron chi connectivity index (χ4n) is 2.35. The van der Waals surface area contributed by atoms with Crippen LogP contribution in [0, 0.1) is 6.92 Å². The van der Waals surface area contributed by atoms with Gasteiger partial charge in [-0.2, -0.15) is 0 Å². The maximum absolute atomic E-state index is 4.16. The Bertz CT molecular complexity index is 518. The number of benzene rings is 1. The zero-order valence-corrected chi connectivity index (χ0v) is 11.9. The molecule has 0 aliphatic rings. The van der Waals surface area contributed by atoms with E-state index in [0.29, 0.717) is 0 Å². The zero-order valence-electron chi connectivity index (χ0n) is 11.9. The molecule has 1 heterocycles. The molecular formula is C15H22N4. The van der Waals surface area contributed by atoms with E-state index in [-0.39, 0.29) is 6.04 Å². The van der Waals surface area contributed by atoms with E-state index >= 15 is 0 Å². The maximum atomic E-state index is 4.16. The molecule has 2 aromatic rings. The minimum Gasteiger partial charge on any atom is -0.311 e. The van der Waals surface area contributed by atoms with Gasteiger partial charge in [-0.05, 0) is 32.4 Å². The molecule has 1 atom stereocenters. The summed E-state index contributed by atoms with van der Waals surface area (Å²) in [6.07, 6.45) is 3.89. The molecule has 0 radical (unpaired) electrons. The molecule has 0 spiro atoms. The lowest BCUT2D eigenvalue weighted by molar-refractivity contribution is 0.490. The molecule has 4 heteroatoms. The summed E-state index contributed by atoms with van der Waals surface area (Å²) >= 11 is 0. The molecule has 1 unspecified atom stereocenters. The van der Waals surface area contributed by atoms with Gasteiger partial charge in [0, 0.05) is 6.54 Å². The van der Waals surface area contributed by atoms with Crippen molar-refractivity contribution in [2.24, 2.45) is 0 Å². The van der Waals surface area contributed by atoms with E-state index in [0.717, 1.165) is 25.1 Å². The Morgan fingerprint density at radius 1 is 1.37 bits per heavy atom. The topological polar surface area (TPSA) is 42.7 Å². The van der Waals surface area contributed by atoms with Gasteiger partial charge in [0.25, 0.3) is 0 Å². The van der Waals surface area contributed by atoms with E-state index in [1.807, 2.05) is 17.9 Å². The van der Waals surface area contributed by atoms with E-state index in [2.05, 4.69) is 53.7 Å². The van der Waals surface area contributed by atoms with Crippen molar-refractivity contribution in [1.82, 2.24) is 20.3 Å². The van der Waals surface area contributed by atoms with Crippen LogP contribution >= 0.6 is 0 Å². The van der Waals surface area contributed by atoms with Crippen LogP contribution in [0.15, 0.2) is 30.5 Å². The molecule has 19 heavy (non-hydrogen) atoms. The Balaban J connectivity index is 2.18. The van der Waals surface area contributed by atoms with E-state index < -0.39 is 0 Å². The average molecular weight is 258 g/mol. The molecule has 4 nitrogen and oxygen atoms in total. The van der Waals surface area contributed by atoms with Gasteiger partial charge in [0.05, 0.1) is 17.9 Å². The third-order valence-electron chi connectivity index (χ3n) is 3.31. The maximum Gasteiger partial charge on any atom is 0.0759 e. The average Bonchev–Trinajstić information content (AvgIpc) is 2.85. The molecule has 0 bridgehead atoms. The van der Waals surface area contributed by atoms with E-state index in [1.54, 1.807) is 0 Å². The normalized spacial score (nSPS) is 12.6. The van der Waals surface area contributed by atoms with E-state index in [9.17, 15) is 0 Å². The fraction of sp³-hybridized carbons (Fsp3) is 0.467. The van der Waals surface area contributed by atoms with Gasteiger partial charge in [-0.1, -0.05) is 42.0 Å². The van der Waals surface area contributed by atoms with E-state index in [1.165, 1.54) is 11.1 Å². The Morgan fingerprint density at radius 2 is 2.21 bits per heavy atom. The highest BCUT2D eigenvalue weighted by atomic mass is 15.4. The number of aryl methyl sites for hydroxylation is 2. The number of hydrogen-bond acceptors (Lipinski definition) is 3. The Morgan fingerprint density at radius 3 is 2.89 bits per heavy atom. The van der Waals surface area contributed by atoms with Crippen LogP contribution in [0.1, 0.15) is 36.2 Å². The first kappa shape index (κ1) is 13.7. The predicted octanol–water partition coefficient (Wildman–Crippen LogP) is 2.50. The summed E-state index contributed by atoms with van der Waals surface area (Å²) in [7, 11) is 1.99. The van der Waals surface area contributed by atoms with Crippen molar-refractivity contribution in [3.8, 4) is 0 Å². The summed E-state index contributed by atoms with van der Waals surface area (Å²) in [5.41, 5.74) is 3.79. The van der Waals surface area contributed by atoms with Gasteiger partial charge in [0.1, 0.15) is 0 Å². The SMILES string of the molecule is CCCn1nncc1C(Cc1cccc(C)c1)NC. The third kappa shape index (κ3) is 3.41. The summed E-state index contributed by atoms with van der Waals surface area (Å²) in [4.78, 5) is 0. The van der Waals surface area contributed by atoms with Crippen molar-refractivity contribution in [1.29, 1.82) is 0 Å². The van der Waals surface area contributed by atoms with Gasteiger partial charge in [-0.3, -0.25) is 0 Å². The zero-order chi connectivity index (χ0) is 13.7. The van der Waals surface area contributed by atoms with Crippen molar-refractivity contribution in [3.05, 3.63) is 47.3 Å². The molecule has 102 valence electrons. The van der Waals surface area contributed by atoms with Crippen LogP contribution in [0.25, 0.3) is 0 Å². The molecule has 2 rings (SSSR count). The number of aromatic nitrogens is 3. The van der Waals surface area contributed by atoms with Crippen LogP contribution in [0.4, 0.5) is 0 Å². The monoisotopic (exact) mass is 258 g/mol. The van der Waals surface area contributed by atoms with Crippen molar-refractivity contribution in [3.63, 3.8) is 0 Å². The van der Waals surface area contributed by atoms with Gasteiger partial charge >= 0.3 is 0 Å². The molecule has 0 fully saturated rings. The summed E-state index contributed by atoms with van der Waals surface area (Å²) in [6.45, 7) is 5.20. The first-order valence-corrected chi connectivity index (χ1v) is 6.85. The van der Waals surface area contributed by atoms with Crippen LogP contribution in [0.5, 0.6) is 0 Å². The highest BCUT2D eigenvalue weighted by molar-refractivity contribution is 5.24. The number of rotatable bonds is 6. The van der Waals surface area contributed by atoms with Crippen LogP contribution in [0.2, 0.25) is 0 Å². The lowest BCUT2D eigenvalue weighted by Gasteiger charge is -2.17. The second kappa shape index (κ2) is 6.48. The number of hydrogen-bond donors (Lipinski definition) is 1.